The number of hydrogen-bond donors (Lipinski definition) is 2. The van der Waals surface area contributed by atoms with Gasteiger partial charge in [-0.1, -0.05) is 153 Å². The first-order valence-electron chi connectivity index (χ1n) is 29.5. The van der Waals surface area contributed by atoms with Crippen LogP contribution in [0.5, 0.6) is 11.8 Å². The summed E-state index contributed by atoms with van der Waals surface area (Å²) in [5, 5.41) is 27.5. The smallest absolute Gasteiger partial charge is 0.217 e. The van der Waals surface area contributed by atoms with E-state index in [2.05, 4.69) is 139 Å². The van der Waals surface area contributed by atoms with Crippen LogP contribution in [0.15, 0.2) is 179 Å². The van der Waals surface area contributed by atoms with E-state index in [4.69, 9.17) is 38.4 Å². The Morgan fingerprint density at radius 2 is 0.774 bits per heavy atom. The van der Waals surface area contributed by atoms with E-state index in [1.54, 1.807) is 0 Å². The van der Waals surface area contributed by atoms with Crippen LogP contribution in [0.4, 0.5) is 0 Å². The zero-order chi connectivity index (χ0) is 59.6. The highest BCUT2D eigenvalue weighted by atomic mass is 79.9. The topological polar surface area (TPSA) is 128 Å². The van der Waals surface area contributed by atoms with E-state index in [0.717, 1.165) is 78.9 Å². The van der Waals surface area contributed by atoms with Gasteiger partial charge in [0.2, 0.25) is 11.8 Å². The summed E-state index contributed by atoms with van der Waals surface area (Å²) in [7, 11) is 8.18. The molecule has 2 aromatic heterocycles. The molecule has 2 N–H and O–H groups in total. The van der Waals surface area contributed by atoms with Crippen molar-refractivity contribution in [2.45, 2.75) is 75.4 Å². The molecule has 0 fully saturated rings. The Hall–Kier alpha value is -5.62. The van der Waals surface area contributed by atoms with Gasteiger partial charge in [-0.25, -0.2) is 9.97 Å². The Bertz CT molecular complexity index is 2950. The molecule has 14 heteroatoms. The van der Waals surface area contributed by atoms with Crippen LogP contribution < -0.4 is 9.47 Å². The van der Waals surface area contributed by atoms with Crippen molar-refractivity contribution in [1.29, 1.82) is 0 Å². The Morgan fingerprint density at radius 3 is 1.13 bits per heavy atom. The van der Waals surface area contributed by atoms with Crippen molar-refractivity contribution in [2.75, 3.05) is 107 Å². The second kappa shape index (κ2) is 34.5. The molecule has 4 atom stereocenters. The van der Waals surface area contributed by atoms with Crippen LogP contribution in [0.3, 0.4) is 0 Å². The number of benzene rings is 6. The van der Waals surface area contributed by atoms with Crippen molar-refractivity contribution in [1.82, 2.24) is 19.8 Å². The van der Waals surface area contributed by atoms with Gasteiger partial charge in [0.05, 0.1) is 61.9 Å². The highest BCUT2D eigenvalue weighted by Crippen LogP contribution is 2.46. The Kier molecular flexibility index (Phi) is 27.1. The molecular formula is C70H86Br2N4O8. The van der Waals surface area contributed by atoms with Gasteiger partial charge in [0.1, 0.15) is 13.2 Å². The molecule has 0 radical (unpaired) electrons. The minimum absolute atomic E-state index is 0.343. The fourth-order valence-corrected chi connectivity index (χ4v) is 11.3. The van der Waals surface area contributed by atoms with Crippen molar-refractivity contribution < 1.29 is 38.6 Å². The molecule has 8 aromatic rings. The van der Waals surface area contributed by atoms with Crippen LogP contribution in [0.1, 0.15) is 84.7 Å². The number of aromatic nitrogens is 2. The normalized spacial score (nSPS) is 13.8. The van der Waals surface area contributed by atoms with Gasteiger partial charge in [-0.3, -0.25) is 0 Å². The van der Waals surface area contributed by atoms with Gasteiger partial charge in [0.25, 0.3) is 0 Å². The van der Waals surface area contributed by atoms with Gasteiger partial charge in [-0.15, -0.1) is 0 Å². The third kappa shape index (κ3) is 20.3. The van der Waals surface area contributed by atoms with E-state index in [9.17, 15) is 10.2 Å². The maximum Gasteiger partial charge on any atom is 0.217 e. The van der Waals surface area contributed by atoms with Crippen molar-refractivity contribution >= 4 is 53.7 Å². The average molecular weight is 1270 g/mol. The third-order valence-electron chi connectivity index (χ3n) is 14.9. The third-order valence-corrected chi connectivity index (χ3v) is 15.9. The quantitative estimate of drug-likeness (QED) is 0.0373. The summed E-state index contributed by atoms with van der Waals surface area (Å²) in [6.45, 7) is 10.4. The number of aryl methyl sites for hydroxylation is 2. The van der Waals surface area contributed by atoms with E-state index >= 15 is 0 Å². The number of rotatable bonds is 34. The number of fused-ring (bicyclic) bond motifs is 2. The molecule has 12 nitrogen and oxygen atoms in total. The molecule has 0 aliphatic heterocycles. The predicted octanol–water partition coefficient (Wildman–Crippen LogP) is 13.8. The zero-order valence-electron chi connectivity index (χ0n) is 49.9. The number of nitrogens with zero attached hydrogens (tertiary/aromatic N) is 4. The van der Waals surface area contributed by atoms with Crippen molar-refractivity contribution in [2.24, 2.45) is 0 Å². The summed E-state index contributed by atoms with van der Waals surface area (Å²) in [6.07, 6.45) is 3.85. The molecule has 84 heavy (non-hydrogen) atoms. The highest BCUT2D eigenvalue weighted by molar-refractivity contribution is 9.10. The van der Waals surface area contributed by atoms with Crippen LogP contribution >= 0.6 is 31.9 Å². The Balaban J connectivity index is 0.000000241. The molecule has 0 aliphatic rings. The molecule has 0 amide bonds. The molecule has 2 heterocycles. The molecule has 0 bridgehead atoms. The molecule has 4 unspecified atom stereocenters. The van der Waals surface area contributed by atoms with Crippen LogP contribution in [0.25, 0.3) is 21.8 Å². The average Bonchev–Trinajstić information content (AvgIpc) is 1.28. The molecule has 8 rings (SSSR count). The first kappa shape index (κ1) is 65.9. The Labute approximate surface area is 515 Å². The van der Waals surface area contributed by atoms with Gasteiger partial charge in [-0.2, -0.15) is 0 Å². The predicted molar refractivity (Wildman–Crippen MR) is 347 cm³/mol. The van der Waals surface area contributed by atoms with Crippen molar-refractivity contribution in [3.8, 4) is 11.8 Å². The summed E-state index contributed by atoms with van der Waals surface area (Å²) < 4.78 is 36.9. The second-order valence-corrected chi connectivity index (χ2v) is 23.6. The van der Waals surface area contributed by atoms with Gasteiger partial charge in [0.15, 0.2) is 0 Å². The van der Waals surface area contributed by atoms with E-state index < -0.39 is 11.2 Å². The lowest BCUT2D eigenvalue weighted by Crippen LogP contribution is -2.40. The monoisotopic (exact) mass is 1270 g/mol. The van der Waals surface area contributed by atoms with E-state index in [0.29, 0.717) is 104 Å². The summed E-state index contributed by atoms with van der Waals surface area (Å²) in [5.41, 5.74) is 5.73. The van der Waals surface area contributed by atoms with Gasteiger partial charge in [0, 0.05) is 69.0 Å². The lowest BCUT2D eigenvalue weighted by atomic mass is 9.72. The molecule has 448 valence electrons. The van der Waals surface area contributed by atoms with Crippen LogP contribution in [-0.2, 0) is 31.8 Å². The summed E-state index contributed by atoms with van der Waals surface area (Å²) in [4.78, 5) is 14.2. The molecule has 0 saturated carbocycles. The van der Waals surface area contributed by atoms with Crippen LogP contribution in [-0.4, -0.2) is 149 Å². The van der Waals surface area contributed by atoms with Gasteiger partial charge < -0.3 is 48.4 Å². The zero-order valence-corrected chi connectivity index (χ0v) is 53.1. The molecule has 6 aromatic carbocycles. The van der Waals surface area contributed by atoms with Gasteiger partial charge >= 0.3 is 0 Å². The largest absolute Gasteiger partial charge is 0.475 e. The fraction of sp³-hybridized carbons (Fsp3) is 0.400. The Morgan fingerprint density at radius 1 is 0.429 bits per heavy atom. The fourth-order valence-electron chi connectivity index (χ4n) is 10.6. The molecule has 0 saturated heterocycles. The SMILES string of the molecule is CCOCCOCCOc1nc2ccc(Br)cc2cc1C(c1ccccc1)C(O)(CCc1ccccc1)CCN(C)C.CCOCCOCCOc1nc2ccc(Br)cc2cc1C(c1ccccc1)C(O)(CCc1ccccc1)CCN(C)C. The van der Waals surface area contributed by atoms with E-state index in [-0.39, 0.29) is 11.8 Å². The van der Waals surface area contributed by atoms with Gasteiger partial charge in [-0.05, 0) is 151 Å². The minimum Gasteiger partial charge on any atom is -0.475 e. The number of halogens is 2. The maximum absolute atomic E-state index is 12.8. The highest BCUT2D eigenvalue weighted by Gasteiger charge is 2.42. The standard InChI is InChI=1S/2C35H43BrN2O4/c2*1-4-40-21-22-41-23-24-42-34-31(26-29-25-30(36)15-16-32(29)37-34)33(28-13-9-6-10-14-28)35(39,19-20-38(2)3)18-17-27-11-7-5-8-12-27/h2*5-16,25-26,33,39H,4,17-24H2,1-3H3. The maximum atomic E-state index is 12.8. The number of ether oxygens (including phenoxy) is 6. The second-order valence-electron chi connectivity index (χ2n) is 21.7. The van der Waals surface area contributed by atoms with Crippen LogP contribution in [0, 0.1) is 0 Å². The number of pyridine rings is 2. The first-order chi connectivity index (χ1) is 40.8. The molecular weight excluding hydrogens is 1180 g/mol. The minimum atomic E-state index is -1.07. The lowest BCUT2D eigenvalue weighted by Gasteiger charge is -2.38. The van der Waals surface area contributed by atoms with Crippen molar-refractivity contribution in [3.05, 3.63) is 212 Å². The van der Waals surface area contributed by atoms with E-state index in [1.165, 1.54) is 11.1 Å². The summed E-state index contributed by atoms with van der Waals surface area (Å²) in [6, 6.07) is 57.6. The number of aliphatic hydroxyl groups is 2. The van der Waals surface area contributed by atoms with Crippen molar-refractivity contribution in [3.63, 3.8) is 0 Å². The van der Waals surface area contributed by atoms with E-state index in [1.807, 2.05) is 115 Å². The molecule has 0 spiro atoms. The van der Waals surface area contributed by atoms with Crippen LogP contribution in [0.2, 0.25) is 0 Å². The molecule has 0 aliphatic carbocycles. The number of hydrogen-bond acceptors (Lipinski definition) is 12. The summed E-state index contributed by atoms with van der Waals surface area (Å²) in [5.74, 6) is 0.310. The summed E-state index contributed by atoms with van der Waals surface area (Å²) >= 11 is 7.25. The lowest BCUT2D eigenvalue weighted by molar-refractivity contribution is -0.000100. The first-order valence-corrected chi connectivity index (χ1v) is 31.1.